The highest BCUT2D eigenvalue weighted by molar-refractivity contribution is 8.15. The van der Waals surface area contributed by atoms with E-state index in [0.29, 0.717) is 23.3 Å². The van der Waals surface area contributed by atoms with Gasteiger partial charge in [0.05, 0.1) is 17.5 Å². The number of rotatable bonds is 5. The lowest BCUT2D eigenvalue weighted by Crippen LogP contribution is -2.46. The Morgan fingerprint density at radius 2 is 1.93 bits per heavy atom. The largest absolute Gasteiger partial charge is 0.355 e. The van der Waals surface area contributed by atoms with Crippen LogP contribution in [0.3, 0.4) is 0 Å². The van der Waals surface area contributed by atoms with E-state index in [0.717, 1.165) is 11.3 Å². The molecule has 0 aromatic heterocycles. The van der Waals surface area contributed by atoms with Gasteiger partial charge in [0.25, 0.3) is 0 Å². The number of aliphatic imine (C=N–C) groups is 1. The number of amidine groups is 1. The lowest BCUT2D eigenvalue weighted by Gasteiger charge is -2.31. The van der Waals surface area contributed by atoms with Crippen LogP contribution in [0, 0.1) is 0 Å². The van der Waals surface area contributed by atoms with Crippen molar-refractivity contribution in [2.75, 3.05) is 6.54 Å². The normalized spacial score (nSPS) is 18.6. The molecule has 2 aromatic rings. The molecule has 7 heteroatoms. The number of carbonyl (C=O) groups is 2. The Labute approximate surface area is 167 Å². The van der Waals surface area contributed by atoms with Crippen molar-refractivity contribution in [3.63, 3.8) is 0 Å². The minimum absolute atomic E-state index is 0.116. The van der Waals surface area contributed by atoms with Crippen LogP contribution in [0.2, 0.25) is 5.02 Å². The van der Waals surface area contributed by atoms with Gasteiger partial charge in [0, 0.05) is 18.0 Å². The summed E-state index contributed by atoms with van der Waals surface area (Å²) >= 11 is 7.28. The van der Waals surface area contributed by atoms with Crippen LogP contribution >= 0.6 is 23.4 Å². The van der Waals surface area contributed by atoms with E-state index < -0.39 is 5.25 Å². The van der Waals surface area contributed by atoms with E-state index >= 15 is 0 Å². The van der Waals surface area contributed by atoms with Crippen molar-refractivity contribution >= 4 is 46.0 Å². The Balaban J connectivity index is 1.89. The van der Waals surface area contributed by atoms with Crippen LogP contribution in [-0.2, 0) is 16.1 Å². The number of thioether (sulfide) groups is 1. The standard InChI is InChI=1S/C20H20ClN3O2S/c1-2-22-19(26)17-12-18(25)24(13-14-8-10-15(21)11-9-14)20(27-17)23-16-6-4-3-5-7-16/h3-11,17H,2,12-13H2,1H3,(H,22,26). The Hall–Kier alpha value is -2.31. The smallest absolute Gasteiger partial charge is 0.234 e. The molecule has 140 valence electrons. The lowest BCUT2D eigenvalue weighted by atomic mass is 10.2. The molecular weight excluding hydrogens is 382 g/mol. The zero-order valence-corrected chi connectivity index (χ0v) is 16.5. The maximum absolute atomic E-state index is 12.8. The number of carbonyl (C=O) groups excluding carboxylic acids is 2. The topological polar surface area (TPSA) is 61.8 Å². The molecule has 0 aliphatic carbocycles. The predicted molar refractivity (Wildman–Crippen MR) is 110 cm³/mol. The van der Waals surface area contributed by atoms with Gasteiger partial charge >= 0.3 is 0 Å². The molecule has 1 aliphatic rings. The second-order valence-electron chi connectivity index (χ2n) is 6.04. The maximum atomic E-state index is 12.8. The summed E-state index contributed by atoms with van der Waals surface area (Å²) in [6.07, 6.45) is 0.151. The molecule has 1 heterocycles. The summed E-state index contributed by atoms with van der Waals surface area (Å²) in [4.78, 5) is 31.4. The van der Waals surface area contributed by atoms with E-state index in [1.54, 1.807) is 17.0 Å². The van der Waals surface area contributed by atoms with Crippen LogP contribution < -0.4 is 5.32 Å². The van der Waals surface area contributed by atoms with E-state index in [1.807, 2.05) is 49.4 Å². The van der Waals surface area contributed by atoms with Crippen LogP contribution in [0.5, 0.6) is 0 Å². The summed E-state index contributed by atoms with van der Waals surface area (Å²) in [5.74, 6) is -0.252. The zero-order valence-electron chi connectivity index (χ0n) is 14.9. The monoisotopic (exact) mass is 401 g/mol. The number of hydrogen-bond donors (Lipinski definition) is 1. The number of halogens is 1. The first kappa shape index (κ1) is 19.5. The molecule has 5 nitrogen and oxygen atoms in total. The molecule has 27 heavy (non-hydrogen) atoms. The quantitative estimate of drug-likeness (QED) is 0.823. The third-order valence-electron chi connectivity index (χ3n) is 4.02. The average molecular weight is 402 g/mol. The number of amides is 2. The Kier molecular flexibility index (Phi) is 6.53. The fourth-order valence-corrected chi connectivity index (χ4v) is 3.92. The first-order valence-corrected chi connectivity index (χ1v) is 9.95. The van der Waals surface area contributed by atoms with Crippen molar-refractivity contribution in [1.82, 2.24) is 10.2 Å². The molecule has 1 atom stereocenters. The van der Waals surface area contributed by atoms with E-state index in [2.05, 4.69) is 10.3 Å². The second kappa shape index (κ2) is 9.06. The molecule has 0 radical (unpaired) electrons. The van der Waals surface area contributed by atoms with E-state index in [-0.39, 0.29) is 18.2 Å². The van der Waals surface area contributed by atoms with Gasteiger partial charge in [-0.1, -0.05) is 53.7 Å². The number of para-hydroxylation sites is 1. The summed E-state index contributed by atoms with van der Waals surface area (Å²) in [7, 11) is 0. The average Bonchev–Trinajstić information content (AvgIpc) is 2.67. The zero-order chi connectivity index (χ0) is 19.2. The SMILES string of the molecule is CCNC(=O)C1CC(=O)N(Cc2ccc(Cl)cc2)C(=Nc2ccccc2)S1. The minimum atomic E-state index is -0.471. The fraction of sp³-hybridized carbons (Fsp3) is 0.250. The number of benzene rings is 2. The third kappa shape index (κ3) is 5.11. The van der Waals surface area contributed by atoms with Crippen LogP contribution in [-0.4, -0.2) is 33.7 Å². The first-order valence-electron chi connectivity index (χ1n) is 8.69. The van der Waals surface area contributed by atoms with Crippen molar-refractivity contribution < 1.29 is 9.59 Å². The van der Waals surface area contributed by atoms with Gasteiger partial charge in [-0.15, -0.1) is 0 Å². The second-order valence-corrected chi connectivity index (χ2v) is 7.65. The van der Waals surface area contributed by atoms with Crippen LogP contribution in [0.25, 0.3) is 0 Å². The van der Waals surface area contributed by atoms with Gasteiger partial charge in [0.2, 0.25) is 11.8 Å². The van der Waals surface area contributed by atoms with Crippen LogP contribution in [0.1, 0.15) is 18.9 Å². The van der Waals surface area contributed by atoms with Gasteiger partial charge in [-0.25, -0.2) is 4.99 Å². The molecule has 0 spiro atoms. The number of hydrogen-bond acceptors (Lipinski definition) is 4. The van der Waals surface area contributed by atoms with Crippen molar-refractivity contribution in [2.24, 2.45) is 4.99 Å². The van der Waals surface area contributed by atoms with Crippen molar-refractivity contribution in [3.8, 4) is 0 Å². The fourth-order valence-electron chi connectivity index (χ4n) is 2.67. The molecule has 1 aliphatic heterocycles. The van der Waals surface area contributed by atoms with E-state index in [1.165, 1.54) is 11.8 Å². The predicted octanol–water partition coefficient (Wildman–Crippen LogP) is 4.00. The summed E-state index contributed by atoms with van der Waals surface area (Å²) < 4.78 is 0. The maximum Gasteiger partial charge on any atom is 0.234 e. The third-order valence-corrected chi connectivity index (χ3v) is 5.46. The highest BCUT2D eigenvalue weighted by Gasteiger charge is 2.35. The van der Waals surface area contributed by atoms with Gasteiger partial charge in [-0.3, -0.25) is 14.5 Å². The van der Waals surface area contributed by atoms with E-state index in [9.17, 15) is 9.59 Å². The molecule has 1 fully saturated rings. The van der Waals surface area contributed by atoms with Crippen LogP contribution in [0.15, 0.2) is 59.6 Å². The highest BCUT2D eigenvalue weighted by Crippen LogP contribution is 2.30. The molecule has 0 saturated carbocycles. The molecule has 1 N–H and O–H groups in total. The Bertz CT molecular complexity index is 840. The molecule has 1 saturated heterocycles. The molecule has 0 bridgehead atoms. The molecule has 3 rings (SSSR count). The lowest BCUT2D eigenvalue weighted by molar-refractivity contribution is -0.130. The summed E-state index contributed by atoms with van der Waals surface area (Å²) in [5.41, 5.74) is 1.69. The van der Waals surface area contributed by atoms with Gasteiger partial charge in [-0.05, 0) is 36.8 Å². The van der Waals surface area contributed by atoms with Gasteiger partial charge in [0.1, 0.15) is 0 Å². The molecular formula is C20H20ClN3O2S. The summed E-state index contributed by atoms with van der Waals surface area (Å²) in [6.45, 7) is 2.78. The summed E-state index contributed by atoms with van der Waals surface area (Å²) in [5, 5.41) is 3.50. The summed E-state index contributed by atoms with van der Waals surface area (Å²) in [6, 6.07) is 16.8. The Morgan fingerprint density at radius 3 is 2.59 bits per heavy atom. The molecule has 1 unspecified atom stereocenters. The minimum Gasteiger partial charge on any atom is -0.355 e. The molecule has 2 amide bonds. The Morgan fingerprint density at radius 1 is 1.22 bits per heavy atom. The van der Waals surface area contributed by atoms with Crippen LogP contribution in [0.4, 0.5) is 5.69 Å². The van der Waals surface area contributed by atoms with Crippen molar-refractivity contribution in [2.45, 2.75) is 25.1 Å². The van der Waals surface area contributed by atoms with Crippen molar-refractivity contribution in [1.29, 1.82) is 0 Å². The highest BCUT2D eigenvalue weighted by atomic mass is 35.5. The van der Waals surface area contributed by atoms with Crippen molar-refractivity contribution in [3.05, 3.63) is 65.2 Å². The van der Waals surface area contributed by atoms with Gasteiger partial charge in [0.15, 0.2) is 5.17 Å². The van der Waals surface area contributed by atoms with Gasteiger partial charge < -0.3 is 5.32 Å². The number of nitrogens with zero attached hydrogens (tertiary/aromatic N) is 2. The molecule has 2 aromatic carbocycles. The van der Waals surface area contributed by atoms with Gasteiger partial charge in [-0.2, -0.15) is 0 Å². The number of nitrogens with one attached hydrogen (secondary N) is 1. The van der Waals surface area contributed by atoms with E-state index in [4.69, 9.17) is 11.6 Å². The first-order chi connectivity index (χ1) is 13.1.